The average molecular weight is 585 g/mol. The molecule has 0 unspecified atom stereocenters. The number of carbonyl (C=O) groups excluding carboxylic acids is 3. The van der Waals surface area contributed by atoms with Crippen molar-refractivity contribution in [2.75, 3.05) is 48.6 Å². The van der Waals surface area contributed by atoms with E-state index in [1.165, 1.54) is 6.92 Å². The second kappa shape index (κ2) is 11.9. The molecule has 0 bridgehead atoms. The highest BCUT2D eigenvalue weighted by Gasteiger charge is 2.38. The summed E-state index contributed by atoms with van der Waals surface area (Å²) >= 11 is 0. The Morgan fingerprint density at radius 3 is 2.44 bits per heavy atom. The number of carbonyl (C=O) groups is 3. The van der Waals surface area contributed by atoms with E-state index in [1.54, 1.807) is 36.8 Å². The summed E-state index contributed by atoms with van der Waals surface area (Å²) in [6.07, 6.45) is 5.29. The van der Waals surface area contributed by atoms with Gasteiger partial charge in [-0.3, -0.25) is 14.6 Å². The van der Waals surface area contributed by atoms with Crippen LogP contribution in [0.4, 0.5) is 22.2 Å². The number of hydrogen-bond acceptors (Lipinski definition) is 13. The van der Waals surface area contributed by atoms with Crippen LogP contribution in [-0.4, -0.2) is 76.0 Å². The van der Waals surface area contributed by atoms with Crippen molar-refractivity contribution < 1.29 is 28.6 Å². The van der Waals surface area contributed by atoms with Gasteiger partial charge < -0.3 is 24.8 Å². The van der Waals surface area contributed by atoms with E-state index in [-0.39, 0.29) is 17.8 Å². The van der Waals surface area contributed by atoms with Crippen molar-refractivity contribution in [2.45, 2.75) is 19.8 Å². The minimum atomic E-state index is -0.926. The number of ether oxygens (including phenoxy) is 3. The summed E-state index contributed by atoms with van der Waals surface area (Å²) in [6, 6.07) is 8.80. The number of nitrogens with zero attached hydrogens (tertiary/aromatic N) is 7. The third-order valence-electron chi connectivity index (χ3n) is 6.97. The number of pyridine rings is 1. The van der Waals surface area contributed by atoms with Crippen molar-refractivity contribution in [3.8, 4) is 22.5 Å². The summed E-state index contributed by atoms with van der Waals surface area (Å²) in [6.45, 7) is 3.03. The summed E-state index contributed by atoms with van der Waals surface area (Å²) in [4.78, 5) is 62.7. The molecule has 0 radical (unpaired) electrons. The SMILES string of the molecule is CC(=O)OCOC(=O)N(C(=O)C1CC1)c1cccc(-c2cnc3c(N4CCOCC4)nc(-c4cnc(N)nc4)nc3c2)c1. The molecule has 2 amide bonds. The van der Waals surface area contributed by atoms with Gasteiger partial charge in [0.1, 0.15) is 5.52 Å². The highest BCUT2D eigenvalue weighted by Crippen LogP contribution is 2.35. The quantitative estimate of drug-likeness (QED) is 0.248. The summed E-state index contributed by atoms with van der Waals surface area (Å²) in [5.41, 5.74) is 9.19. The Labute approximate surface area is 245 Å². The first-order valence-corrected chi connectivity index (χ1v) is 13.7. The number of morpholine rings is 1. The maximum absolute atomic E-state index is 13.1. The van der Waals surface area contributed by atoms with Crippen LogP contribution in [0.5, 0.6) is 0 Å². The van der Waals surface area contributed by atoms with Gasteiger partial charge in [0.15, 0.2) is 11.6 Å². The molecule has 220 valence electrons. The van der Waals surface area contributed by atoms with E-state index in [0.717, 1.165) is 4.90 Å². The number of esters is 1. The van der Waals surface area contributed by atoms with Crippen LogP contribution >= 0.6 is 0 Å². The molecule has 14 nitrogen and oxygen atoms in total. The van der Waals surface area contributed by atoms with E-state index in [4.69, 9.17) is 34.9 Å². The molecule has 4 aromatic rings. The molecule has 1 aliphatic heterocycles. The van der Waals surface area contributed by atoms with Crippen LogP contribution in [0.15, 0.2) is 48.9 Å². The number of imide groups is 1. The Kier molecular flexibility index (Phi) is 7.75. The summed E-state index contributed by atoms with van der Waals surface area (Å²) in [5.74, 6) is -0.0219. The van der Waals surface area contributed by atoms with Crippen LogP contribution in [0.25, 0.3) is 33.5 Å². The smallest absolute Gasteiger partial charge is 0.424 e. The van der Waals surface area contributed by atoms with Gasteiger partial charge >= 0.3 is 12.1 Å². The fourth-order valence-corrected chi connectivity index (χ4v) is 4.63. The molecule has 1 saturated carbocycles. The largest absolute Gasteiger partial charge is 0.428 e. The molecule has 43 heavy (non-hydrogen) atoms. The van der Waals surface area contributed by atoms with Gasteiger partial charge in [0.25, 0.3) is 0 Å². The third kappa shape index (κ3) is 6.18. The zero-order valence-corrected chi connectivity index (χ0v) is 23.3. The van der Waals surface area contributed by atoms with Crippen molar-refractivity contribution in [1.29, 1.82) is 0 Å². The Hall–Kier alpha value is -5.24. The molecule has 2 N–H and O–H groups in total. The highest BCUT2D eigenvalue weighted by molar-refractivity contribution is 6.14. The van der Waals surface area contributed by atoms with Crippen LogP contribution in [0.1, 0.15) is 19.8 Å². The van der Waals surface area contributed by atoms with E-state index < -0.39 is 18.9 Å². The van der Waals surface area contributed by atoms with Crippen molar-refractivity contribution in [3.63, 3.8) is 0 Å². The molecule has 2 fully saturated rings. The first-order chi connectivity index (χ1) is 20.9. The molecular weight excluding hydrogens is 556 g/mol. The molecule has 0 spiro atoms. The zero-order valence-electron chi connectivity index (χ0n) is 23.3. The zero-order chi connectivity index (χ0) is 29.9. The number of benzene rings is 1. The van der Waals surface area contributed by atoms with Crippen LogP contribution in [0, 0.1) is 5.92 Å². The molecule has 14 heteroatoms. The van der Waals surface area contributed by atoms with Gasteiger partial charge in [-0.1, -0.05) is 12.1 Å². The van der Waals surface area contributed by atoms with Gasteiger partial charge in [-0.25, -0.2) is 29.6 Å². The van der Waals surface area contributed by atoms with Gasteiger partial charge in [0.2, 0.25) is 18.6 Å². The van der Waals surface area contributed by atoms with Crippen LogP contribution in [-0.2, 0) is 23.8 Å². The van der Waals surface area contributed by atoms with Crippen molar-refractivity contribution >= 4 is 46.5 Å². The number of rotatable bonds is 7. The molecule has 1 saturated heterocycles. The second-order valence-electron chi connectivity index (χ2n) is 10.1. The van der Waals surface area contributed by atoms with Crippen LogP contribution < -0.4 is 15.5 Å². The fraction of sp³-hybridized carbons (Fsp3) is 0.310. The molecule has 2 aliphatic rings. The van der Waals surface area contributed by atoms with Crippen molar-refractivity contribution in [1.82, 2.24) is 24.9 Å². The number of nitrogen functional groups attached to an aromatic ring is 1. The first kappa shape index (κ1) is 27.9. The molecule has 4 heterocycles. The number of amides is 2. The van der Waals surface area contributed by atoms with Gasteiger partial charge in [0.05, 0.1) is 30.0 Å². The lowest BCUT2D eigenvalue weighted by Gasteiger charge is -2.28. The minimum absolute atomic E-state index is 0.145. The van der Waals surface area contributed by atoms with E-state index in [2.05, 4.69) is 14.9 Å². The Bertz CT molecular complexity index is 1690. The monoisotopic (exact) mass is 584 g/mol. The first-order valence-electron chi connectivity index (χ1n) is 13.7. The van der Waals surface area contributed by atoms with Gasteiger partial charge in [-0.05, 0) is 36.6 Å². The fourth-order valence-electron chi connectivity index (χ4n) is 4.63. The molecule has 1 aliphatic carbocycles. The predicted molar refractivity (Wildman–Crippen MR) is 155 cm³/mol. The standard InChI is InChI=1S/C29H28N8O6/c1-17(38)42-16-43-29(40)37(27(39)18-5-6-18)22-4-2-3-19(11-22)20-12-23-24(31-13-20)26(36-7-9-41-10-8-36)35-25(34-23)21-14-32-28(30)33-15-21/h2-4,11-15,18H,5-10,16H2,1H3,(H2,30,32,33). The number of anilines is 3. The molecule has 6 rings (SSSR count). The second-order valence-corrected chi connectivity index (χ2v) is 10.1. The van der Waals surface area contributed by atoms with E-state index in [9.17, 15) is 14.4 Å². The van der Waals surface area contributed by atoms with Crippen molar-refractivity contribution in [3.05, 3.63) is 48.9 Å². The molecule has 1 aromatic carbocycles. The Morgan fingerprint density at radius 1 is 0.977 bits per heavy atom. The van der Waals surface area contributed by atoms with Crippen LogP contribution in [0.2, 0.25) is 0 Å². The maximum Gasteiger partial charge on any atom is 0.424 e. The maximum atomic E-state index is 13.1. The molecule has 3 aromatic heterocycles. The summed E-state index contributed by atoms with van der Waals surface area (Å²) in [7, 11) is 0. The number of hydrogen-bond donors (Lipinski definition) is 1. The van der Waals surface area contributed by atoms with Gasteiger partial charge in [-0.15, -0.1) is 0 Å². The minimum Gasteiger partial charge on any atom is -0.428 e. The highest BCUT2D eigenvalue weighted by atomic mass is 16.7. The predicted octanol–water partition coefficient (Wildman–Crippen LogP) is 2.97. The topological polar surface area (TPSA) is 176 Å². The number of nitrogens with two attached hydrogens (primary N) is 1. The van der Waals surface area contributed by atoms with Crippen molar-refractivity contribution in [2.24, 2.45) is 5.92 Å². The molecule has 0 atom stereocenters. The summed E-state index contributed by atoms with van der Waals surface area (Å²) < 4.78 is 15.3. The van der Waals surface area contributed by atoms with E-state index >= 15 is 0 Å². The van der Waals surface area contributed by atoms with E-state index in [0.29, 0.717) is 84.2 Å². The number of fused-ring (bicyclic) bond motifs is 1. The summed E-state index contributed by atoms with van der Waals surface area (Å²) in [5, 5.41) is 0. The molecular formula is C29H28N8O6. The van der Waals surface area contributed by atoms with E-state index in [1.807, 2.05) is 12.1 Å². The lowest BCUT2D eigenvalue weighted by Crippen LogP contribution is -2.39. The average Bonchev–Trinajstić information content (AvgIpc) is 3.87. The van der Waals surface area contributed by atoms with Crippen LogP contribution in [0.3, 0.4) is 0 Å². The Morgan fingerprint density at radius 2 is 1.72 bits per heavy atom. The lowest BCUT2D eigenvalue weighted by molar-refractivity contribution is -0.148. The normalized spacial score (nSPS) is 14.8. The Balaban J connectivity index is 1.38. The lowest BCUT2D eigenvalue weighted by atomic mass is 10.1. The number of aromatic nitrogens is 5. The van der Waals surface area contributed by atoms with Gasteiger partial charge in [0, 0.05) is 50.1 Å². The van der Waals surface area contributed by atoms with Gasteiger partial charge in [-0.2, -0.15) is 0 Å². The third-order valence-corrected chi connectivity index (χ3v) is 6.97.